The number of urea groups is 1. The van der Waals surface area contributed by atoms with Gasteiger partial charge in [0.2, 0.25) is 11.8 Å². The monoisotopic (exact) mass is 475 g/mol. The number of ether oxygens (including phenoxy) is 1. The predicted octanol–water partition coefficient (Wildman–Crippen LogP) is 4.11. The number of amides is 4. The van der Waals surface area contributed by atoms with Gasteiger partial charge < -0.3 is 15.4 Å². The van der Waals surface area contributed by atoms with Gasteiger partial charge in [-0.15, -0.1) is 0 Å². The maximum Gasteiger partial charge on any atom is 0.324 e. The van der Waals surface area contributed by atoms with Crippen molar-refractivity contribution in [1.29, 1.82) is 0 Å². The molecule has 192 valence electrons. The summed E-state index contributed by atoms with van der Waals surface area (Å²) in [7, 11) is 0. The lowest BCUT2D eigenvalue weighted by Crippen LogP contribution is -2.61. The van der Waals surface area contributed by atoms with Gasteiger partial charge in [-0.3, -0.25) is 14.5 Å². The fourth-order valence-electron chi connectivity index (χ4n) is 8.32. The van der Waals surface area contributed by atoms with Gasteiger partial charge in [0.05, 0.1) is 0 Å². The number of carbonyl (C=O) groups is 3. The first-order valence-electron chi connectivity index (χ1n) is 13.7. The molecule has 4 amide bonds. The highest BCUT2D eigenvalue weighted by molar-refractivity contribution is 5.96. The lowest BCUT2D eigenvalue weighted by atomic mass is 9.47. The third-order valence-corrected chi connectivity index (χ3v) is 10.1. The van der Waals surface area contributed by atoms with Gasteiger partial charge in [0.15, 0.2) is 0 Å². The first kappa shape index (κ1) is 25.5. The van der Waals surface area contributed by atoms with Crippen molar-refractivity contribution in [2.24, 2.45) is 34.5 Å². The summed E-state index contributed by atoms with van der Waals surface area (Å²) in [6.07, 6.45) is 8.59. The van der Waals surface area contributed by atoms with Crippen LogP contribution in [0, 0.1) is 34.5 Å². The Kier molecular flexibility index (Phi) is 7.61. The summed E-state index contributed by atoms with van der Waals surface area (Å²) in [6.45, 7) is 10.7. The van der Waals surface area contributed by atoms with E-state index >= 15 is 0 Å². The Morgan fingerprint density at radius 1 is 1.06 bits per heavy atom. The predicted molar refractivity (Wildman–Crippen MR) is 131 cm³/mol. The third-order valence-electron chi connectivity index (χ3n) is 10.1. The Balaban J connectivity index is 1.50. The van der Waals surface area contributed by atoms with E-state index in [1.54, 1.807) is 0 Å². The number of imide groups is 1. The van der Waals surface area contributed by atoms with Crippen molar-refractivity contribution in [1.82, 2.24) is 15.5 Å². The fraction of sp³-hybridized carbons (Fsp3) is 0.889. The molecule has 2 N–H and O–H groups in total. The summed E-state index contributed by atoms with van der Waals surface area (Å²) in [5, 5.41) is 6.15. The number of carbonyl (C=O) groups excluding carboxylic acids is 3. The Morgan fingerprint density at radius 3 is 2.56 bits per heavy atom. The topological polar surface area (TPSA) is 87.7 Å². The normalized spacial score (nSPS) is 38.8. The van der Waals surface area contributed by atoms with E-state index in [0.29, 0.717) is 62.9 Å². The largest absolute Gasteiger partial charge is 0.382 e. The van der Waals surface area contributed by atoms with Crippen molar-refractivity contribution < 1.29 is 19.1 Å². The molecule has 0 bridgehead atoms. The molecule has 1 saturated heterocycles. The average Bonchev–Trinajstić information content (AvgIpc) is 3.16. The molecule has 1 heterocycles. The second-order valence-electron chi connectivity index (χ2n) is 11.6. The molecule has 34 heavy (non-hydrogen) atoms. The molecule has 1 aliphatic heterocycles. The quantitative estimate of drug-likeness (QED) is 0.543. The van der Waals surface area contributed by atoms with Gasteiger partial charge in [0.25, 0.3) is 0 Å². The van der Waals surface area contributed by atoms with E-state index in [9.17, 15) is 14.4 Å². The Labute approximate surface area is 205 Å². The molecule has 0 radical (unpaired) electrons. The highest BCUT2D eigenvalue weighted by Gasteiger charge is 2.61. The van der Waals surface area contributed by atoms with Crippen LogP contribution in [0.1, 0.15) is 85.5 Å². The molecule has 0 aromatic rings. The second kappa shape index (κ2) is 10.2. The third kappa shape index (κ3) is 4.38. The minimum absolute atomic E-state index is 0.00993. The number of hydrogen-bond acceptors (Lipinski definition) is 4. The molecule has 4 fully saturated rings. The maximum atomic E-state index is 13.8. The molecule has 0 spiro atoms. The van der Waals surface area contributed by atoms with Gasteiger partial charge in [0, 0.05) is 44.7 Å². The van der Waals surface area contributed by atoms with Crippen molar-refractivity contribution in [2.75, 3.05) is 26.3 Å². The first-order chi connectivity index (χ1) is 16.3. The molecular weight excluding hydrogens is 430 g/mol. The Morgan fingerprint density at radius 2 is 1.82 bits per heavy atom. The van der Waals surface area contributed by atoms with E-state index in [-0.39, 0.29) is 34.6 Å². The van der Waals surface area contributed by atoms with Gasteiger partial charge in [-0.05, 0) is 93.8 Å². The van der Waals surface area contributed by atoms with Crippen LogP contribution in [0.25, 0.3) is 0 Å². The molecule has 4 aliphatic rings. The van der Waals surface area contributed by atoms with Crippen molar-refractivity contribution >= 4 is 17.8 Å². The van der Waals surface area contributed by atoms with Crippen molar-refractivity contribution in [2.45, 2.75) is 91.5 Å². The number of nitrogens with one attached hydrogen (secondary N) is 2. The van der Waals surface area contributed by atoms with Crippen LogP contribution in [0.4, 0.5) is 4.79 Å². The molecule has 3 aliphatic carbocycles. The zero-order valence-electron chi connectivity index (χ0n) is 21.7. The zero-order valence-corrected chi connectivity index (χ0v) is 21.7. The van der Waals surface area contributed by atoms with E-state index in [1.165, 1.54) is 4.90 Å². The van der Waals surface area contributed by atoms with Gasteiger partial charge in [-0.25, -0.2) is 4.79 Å². The summed E-state index contributed by atoms with van der Waals surface area (Å²) in [5.41, 5.74) is 0.122. The lowest BCUT2D eigenvalue weighted by Gasteiger charge is -2.60. The molecular formula is C27H45N3O4. The van der Waals surface area contributed by atoms with Gasteiger partial charge in [-0.2, -0.15) is 0 Å². The summed E-state index contributed by atoms with van der Waals surface area (Å²) in [4.78, 5) is 40.2. The minimum Gasteiger partial charge on any atom is -0.382 e. The molecule has 7 heteroatoms. The zero-order chi connectivity index (χ0) is 24.5. The maximum absolute atomic E-state index is 13.8. The van der Waals surface area contributed by atoms with E-state index < -0.39 is 0 Å². The number of hydrogen-bond donors (Lipinski definition) is 2. The van der Waals surface area contributed by atoms with Crippen LogP contribution in [0.3, 0.4) is 0 Å². The fourth-order valence-corrected chi connectivity index (χ4v) is 8.32. The minimum atomic E-state index is -0.268. The average molecular weight is 476 g/mol. The molecule has 3 saturated carbocycles. The van der Waals surface area contributed by atoms with E-state index in [0.717, 1.165) is 44.9 Å². The Hall–Kier alpha value is -1.63. The lowest BCUT2D eigenvalue weighted by molar-refractivity contribution is -0.145. The molecule has 0 aromatic heterocycles. The molecule has 7 atom stereocenters. The summed E-state index contributed by atoms with van der Waals surface area (Å²) < 4.78 is 5.46. The first-order valence-corrected chi connectivity index (χ1v) is 13.7. The summed E-state index contributed by atoms with van der Waals surface area (Å²) in [6, 6.07) is 0.0347. The summed E-state index contributed by atoms with van der Waals surface area (Å²) in [5.74, 6) is 1.88. The van der Waals surface area contributed by atoms with Gasteiger partial charge >= 0.3 is 6.03 Å². The smallest absolute Gasteiger partial charge is 0.324 e. The second-order valence-corrected chi connectivity index (χ2v) is 11.6. The van der Waals surface area contributed by atoms with Crippen LogP contribution in [-0.2, 0) is 14.3 Å². The number of nitrogens with zero attached hydrogens (tertiary/aromatic N) is 1. The molecule has 7 nitrogen and oxygen atoms in total. The number of rotatable bonds is 7. The summed E-state index contributed by atoms with van der Waals surface area (Å²) >= 11 is 0. The van der Waals surface area contributed by atoms with Crippen molar-refractivity contribution in [3.8, 4) is 0 Å². The highest BCUT2D eigenvalue weighted by atomic mass is 16.5. The number of piperidine rings is 1. The molecule has 4 rings (SSSR count). The van der Waals surface area contributed by atoms with Crippen LogP contribution in [0.5, 0.6) is 0 Å². The van der Waals surface area contributed by atoms with E-state index in [4.69, 9.17) is 4.74 Å². The van der Waals surface area contributed by atoms with Crippen LogP contribution in [-0.4, -0.2) is 55.1 Å². The molecule has 0 aromatic carbocycles. The van der Waals surface area contributed by atoms with Gasteiger partial charge in [0.1, 0.15) is 0 Å². The molecule has 0 unspecified atom stereocenters. The van der Waals surface area contributed by atoms with Crippen molar-refractivity contribution in [3.63, 3.8) is 0 Å². The number of fused-ring (bicyclic) bond motifs is 5. The van der Waals surface area contributed by atoms with E-state index in [1.807, 2.05) is 13.8 Å². The standard InChI is InChI=1S/C27H45N3O4/c1-5-28-25(33)30(16-7-17-34-6-2)24(32)21-10-9-19-18-8-11-22-27(4,15-13-23(31)29-22)20(18)12-14-26(19,21)3/h18-22H,5-17H2,1-4H3,(H,28,33)(H,29,31)/t18-,19-,20-,21+,22+,26-,27+/m0/s1. The Bertz CT molecular complexity index is 788. The van der Waals surface area contributed by atoms with Crippen LogP contribution in [0.2, 0.25) is 0 Å². The van der Waals surface area contributed by atoms with Crippen LogP contribution >= 0.6 is 0 Å². The van der Waals surface area contributed by atoms with Crippen molar-refractivity contribution in [3.05, 3.63) is 0 Å². The van der Waals surface area contributed by atoms with E-state index in [2.05, 4.69) is 24.5 Å². The van der Waals surface area contributed by atoms with Gasteiger partial charge in [-0.1, -0.05) is 13.8 Å². The SMILES string of the molecule is CCNC(=O)N(CCCOCC)C(=O)[C@H]1CC[C@H]2[C@@H]3CC[C@H]4NC(=O)CC[C@]4(C)[C@H]3CC[C@]12C. The van der Waals surface area contributed by atoms with Crippen LogP contribution < -0.4 is 10.6 Å². The highest BCUT2D eigenvalue weighted by Crippen LogP contribution is 2.65. The van der Waals surface area contributed by atoms with Crippen LogP contribution in [0.15, 0.2) is 0 Å².